The first-order chi connectivity index (χ1) is 11.4. The maximum atomic E-state index is 13.5. The van der Waals surface area contributed by atoms with Gasteiger partial charge in [0.25, 0.3) is 10.0 Å². The number of halogens is 1. The van der Waals surface area contributed by atoms with E-state index < -0.39 is 21.7 Å². The molecule has 0 aliphatic carbocycles. The number of amides is 1. The summed E-state index contributed by atoms with van der Waals surface area (Å²) in [5.41, 5.74) is 1.22. The monoisotopic (exact) mass is 347 g/mol. The Morgan fingerprint density at radius 2 is 2.00 bits per heavy atom. The van der Waals surface area contributed by atoms with E-state index in [2.05, 4.69) is 15.0 Å². The molecule has 24 heavy (non-hydrogen) atoms. The van der Waals surface area contributed by atoms with Crippen molar-refractivity contribution in [1.29, 1.82) is 0 Å². The summed E-state index contributed by atoms with van der Waals surface area (Å²) in [6.07, 6.45) is 0. The summed E-state index contributed by atoms with van der Waals surface area (Å²) >= 11 is 0. The molecule has 0 unspecified atom stereocenters. The van der Waals surface area contributed by atoms with Gasteiger partial charge in [0.15, 0.2) is 0 Å². The number of hydrogen-bond acceptors (Lipinski definition) is 4. The standard InChI is InChI=1S/C16H14FN3O3S/c1-10-6-7-11(8-13(10)17)19-15(21)9-18-16-12-4-2-3-5-14(12)24(22,23)20-16/h2-8H,9H2,1H3,(H,18,20)(H,19,21). The summed E-state index contributed by atoms with van der Waals surface area (Å²) in [6, 6.07) is 10.7. The number of nitrogens with one attached hydrogen (secondary N) is 2. The minimum atomic E-state index is -3.63. The van der Waals surface area contributed by atoms with Crippen LogP contribution in [0.4, 0.5) is 10.1 Å². The molecule has 0 saturated carbocycles. The molecule has 8 heteroatoms. The van der Waals surface area contributed by atoms with Gasteiger partial charge in [-0.25, -0.2) is 12.8 Å². The number of aryl methyl sites for hydroxylation is 1. The average molecular weight is 347 g/mol. The molecule has 0 atom stereocenters. The fourth-order valence-electron chi connectivity index (χ4n) is 2.27. The van der Waals surface area contributed by atoms with E-state index in [1.54, 1.807) is 37.3 Å². The molecule has 1 heterocycles. The van der Waals surface area contributed by atoms with E-state index in [9.17, 15) is 17.6 Å². The minimum Gasteiger partial charge on any atom is -0.324 e. The van der Waals surface area contributed by atoms with Gasteiger partial charge in [-0.2, -0.15) is 0 Å². The third-order valence-electron chi connectivity index (χ3n) is 3.50. The summed E-state index contributed by atoms with van der Waals surface area (Å²) in [5.74, 6) is -0.776. The van der Waals surface area contributed by atoms with Gasteiger partial charge in [-0.1, -0.05) is 18.2 Å². The molecule has 0 aromatic heterocycles. The Bertz CT molecular complexity index is 955. The lowest BCUT2D eigenvalue weighted by Gasteiger charge is -2.05. The summed E-state index contributed by atoms with van der Waals surface area (Å²) in [6.45, 7) is 1.33. The molecule has 0 fully saturated rings. The number of benzene rings is 2. The van der Waals surface area contributed by atoms with Gasteiger partial charge in [0.1, 0.15) is 18.2 Å². The Morgan fingerprint density at radius 1 is 1.25 bits per heavy atom. The number of sulfonamides is 1. The third kappa shape index (κ3) is 3.13. The molecular weight excluding hydrogens is 333 g/mol. The van der Waals surface area contributed by atoms with Crippen molar-refractivity contribution in [3.8, 4) is 0 Å². The summed E-state index contributed by atoms with van der Waals surface area (Å²) in [4.78, 5) is 16.1. The normalized spacial score (nSPS) is 16.5. The van der Waals surface area contributed by atoms with Crippen LogP contribution in [0.1, 0.15) is 11.1 Å². The molecule has 1 aliphatic heterocycles. The molecule has 0 radical (unpaired) electrons. The van der Waals surface area contributed by atoms with Crippen molar-refractivity contribution < 1.29 is 17.6 Å². The van der Waals surface area contributed by atoms with Gasteiger partial charge in [0, 0.05) is 11.3 Å². The van der Waals surface area contributed by atoms with Crippen molar-refractivity contribution >= 4 is 27.5 Å². The number of carbonyl (C=O) groups is 1. The second kappa shape index (κ2) is 6.04. The number of rotatable bonds is 3. The van der Waals surface area contributed by atoms with Gasteiger partial charge in [-0.15, -0.1) is 0 Å². The molecule has 0 spiro atoms. The van der Waals surface area contributed by atoms with E-state index in [0.29, 0.717) is 16.8 Å². The number of hydrogen-bond donors (Lipinski definition) is 2. The Balaban J connectivity index is 1.74. The molecule has 6 nitrogen and oxygen atoms in total. The number of amidine groups is 1. The van der Waals surface area contributed by atoms with Gasteiger partial charge in [-0.05, 0) is 36.8 Å². The zero-order valence-electron chi connectivity index (χ0n) is 12.7. The van der Waals surface area contributed by atoms with Crippen molar-refractivity contribution in [3.05, 3.63) is 59.4 Å². The van der Waals surface area contributed by atoms with Gasteiger partial charge < -0.3 is 5.32 Å². The number of nitrogens with zero attached hydrogens (tertiary/aromatic N) is 1. The Kier molecular flexibility index (Phi) is 4.06. The highest BCUT2D eigenvalue weighted by atomic mass is 32.2. The number of anilines is 1. The first-order valence-electron chi connectivity index (χ1n) is 7.09. The fourth-order valence-corrected chi connectivity index (χ4v) is 3.52. The van der Waals surface area contributed by atoms with E-state index in [4.69, 9.17) is 0 Å². The quantitative estimate of drug-likeness (QED) is 0.888. The van der Waals surface area contributed by atoms with Gasteiger partial charge in [0.2, 0.25) is 5.91 Å². The van der Waals surface area contributed by atoms with E-state index in [1.807, 2.05) is 0 Å². The lowest BCUT2D eigenvalue weighted by molar-refractivity contribution is -0.114. The zero-order chi connectivity index (χ0) is 17.3. The lowest BCUT2D eigenvalue weighted by atomic mass is 10.2. The number of carbonyl (C=O) groups excluding carboxylic acids is 1. The highest BCUT2D eigenvalue weighted by Gasteiger charge is 2.30. The number of aliphatic imine (C=N–C) groups is 1. The molecule has 2 N–H and O–H groups in total. The van der Waals surface area contributed by atoms with Crippen molar-refractivity contribution in [3.63, 3.8) is 0 Å². The van der Waals surface area contributed by atoms with Crippen molar-refractivity contribution in [2.75, 3.05) is 11.9 Å². The molecule has 0 saturated heterocycles. The molecule has 124 valence electrons. The maximum absolute atomic E-state index is 13.5. The van der Waals surface area contributed by atoms with Crippen LogP contribution in [0.5, 0.6) is 0 Å². The smallest absolute Gasteiger partial charge is 0.263 e. The molecule has 3 rings (SSSR count). The summed E-state index contributed by atoms with van der Waals surface area (Å²) in [7, 11) is -3.63. The van der Waals surface area contributed by atoms with Crippen LogP contribution in [0.3, 0.4) is 0 Å². The zero-order valence-corrected chi connectivity index (χ0v) is 13.5. The van der Waals surface area contributed by atoms with E-state index in [0.717, 1.165) is 0 Å². The largest absolute Gasteiger partial charge is 0.324 e. The molecule has 0 bridgehead atoms. The van der Waals surface area contributed by atoms with Crippen LogP contribution >= 0.6 is 0 Å². The lowest BCUT2D eigenvalue weighted by Crippen LogP contribution is -2.24. The summed E-state index contributed by atoms with van der Waals surface area (Å²) in [5, 5.41) is 2.52. The third-order valence-corrected chi connectivity index (χ3v) is 4.90. The van der Waals surface area contributed by atoms with E-state index >= 15 is 0 Å². The Labute approximate surface area is 138 Å². The predicted octanol–water partition coefficient (Wildman–Crippen LogP) is 1.81. The average Bonchev–Trinajstić information content (AvgIpc) is 2.80. The topological polar surface area (TPSA) is 87.6 Å². The second-order valence-corrected chi connectivity index (χ2v) is 6.93. The molecule has 2 aromatic rings. The minimum absolute atomic E-state index is 0.121. The maximum Gasteiger partial charge on any atom is 0.263 e. The summed E-state index contributed by atoms with van der Waals surface area (Å²) < 4.78 is 39.6. The molecular formula is C16H14FN3O3S. The van der Waals surface area contributed by atoms with Crippen LogP contribution in [0.15, 0.2) is 52.4 Å². The van der Waals surface area contributed by atoms with Crippen molar-refractivity contribution in [2.24, 2.45) is 4.99 Å². The Hall–Kier alpha value is -2.74. The predicted molar refractivity (Wildman–Crippen MR) is 87.9 cm³/mol. The van der Waals surface area contributed by atoms with Gasteiger partial charge in [-0.3, -0.25) is 14.5 Å². The number of fused-ring (bicyclic) bond motifs is 1. The van der Waals surface area contributed by atoms with Gasteiger partial charge in [0.05, 0.1) is 4.90 Å². The highest BCUT2D eigenvalue weighted by molar-refractivity contribution is 7.90. The second-order valence-electron chi connectivity index (χ2n) is 5.28. The van der Waals surface area contributed by atoms with E-state index in [1.165, 1.54) is 12.1 Å². The Morgan fingerprint density at radius 3 is 2.75 bits per heavy atom. The van der Waals surface area contributed by atoms with Crippen LogP contribution in [0, 0.1) is 12.7 Å². The first-order valence-corrected chi connectivity index (χ1v) is 8.58. The van der Waals surface area contributed by atoms with Crippen LogP contribution in [-0.2, 0) is 14.8 Å². The van der Waals surface area contributed by atoms with Crippen LogP contribution in [-0.4, -0.2) is 26.7 Å². The van der Waals surface area contributed by atoms with Crippen LogP contribution < -0.4 is 10.0 Å². The van der Waals surface area contributed by atoms with E-state index in [-0.39, 0.29) is 17.3 Å². The van der Waals surface area contributed by atoms with Crippen LogP contribution in [0.25, 0.3) is 0 Å². The molecule has 2 aromatic carbocycles. The van der Waals surface area contributed by atoms with Gasteiger partial charge >= 0.3 is 0 Å². The highest BCUT2D eigenvalue weighted by Crippen LogP contribution is 2.22. The van der Waals surface area contributed by atoms with Crippen LogP contribution in [0.2, 0.25) is 0 Å². The van der Waals surface area contributed by atoms with Crippen molar-refractivity contribution in [2.45, 2.75) is 11.8 Å². The molecule has 1 amide bonds. The molecule has 1 aliphatic rings. The first kappa shape index (κ1) is 16.1. The SMILES string of the molecule is Cc1ccc(NC(=O)CN=C2NS(=O)(=O)c3ccccc32)cc1F. The fraction of sp³-hybridized carbons (Fsp3) is 0.125. The van der Waals surface area contributed by atoms with Crippen molar-refractivity contribution in [1.82, 2.24) is 4.72 Å².